The van der Waals surface area contributed by atoms with Crippen LogP contribution >= 0.6 is 11.3 Å². The number of thiazole rings is 1. The SMILES string of the molecule is COC(C)CC(=O)Nc1nc(-c2cc(C)n(-c3ccc(F)cc3)c2C)cs1. The summed E-state index contributed by atoms with van der Waals surface area (Å²) in [6, 6.07) is 8.45. The number of nitrogens with one attached hydrogen (secondary N) is 1. The van der Waals surface area contributed by atoms with Crippen molar-refractivity contribution in [2.75, 3.05) is 12.4 Å². The maximum atomic E-state index is 13.2. The summed E-state index contributed by atoms with van der Waals surface area (Å²) in [5, 5.41) is 5.30. The number of nitrogens with zero attached hydrogens (tertiary/aromatic N) is 2. The number of methoxy groups -OCH3 is 1. The normalized spacial score (nSPS) is 12.2. The first kappa shape index (κ1) is 19.3. The lowest BCUT2D eigenvalue weighted by molar-refractivity contribution is -0.118. The quantitative estimate of drug-likeness (QED) is 0.666. The van der Waals surface area contributed by atoms with E-state index in [0.29, 0.717) is 5.13 Å². The van der Waals surface area contributed by atoms with Gasteiger partial charge in [0.1, 0.15) is 5.82 Å². The van der Waals surface area contributed by atoms with E-state index in [4.69, 9.17) is 4.74 Å². The molecule has 0 aliphatic carbocycles. The van der Waals surface area contributed by atoms with Crippen LogP contribution in [0.2, 0.25) is 0 Å². The van der Waals surface area contributed by atoms with Crippen LogP contribution in [-0.2, 0) is 9.53 Å². The summed E-state index contributed by atoms with van der Waals surface area (Å²) in [6.45, 7) is 5.85. The highest BCUT2D eigenvalue weighted by Crippen LogP contribution is 2.31. The zero-order chi connectivity index (χ0) is 19.6. The van der Waals surface area contributed by atoms with Gasteiger partial charge in [0.2, 0.25) is 5.91 Å². The van der Waals surface area contributed by atoms with Gasteiger partial charge in [-0.05, 0) is 51.1 Å². The predicted molar refractivity (Wildman–Crippen MR) is 106 cm³/mol. The summed E-state index contributed by atoms with van der Waals surface area (Å²) in [4.78, 5) is 16.6. The standard InChI is InChI=1S/C20H22FN3O2S/c1-12-9-17(14(3)24(12)16-7-5-15(21)6-8-16)18-11-27-20(22-18)23-19(25)10-13(2)26-4/h5-9,11,13H,10H2,1-4H3,(H,22,23,25). The van der Waals surface area contributed by atoms with Gasteiger partial charge < -0.3 is 14.6 Å². The molecule has 0 aliphatic rings. The van der Waals surface area contributed by atoms with Gasteiger partial charge in [-0.3, -0.25) is 4.79 Å². The Hall–Kier alpha value is -2.51. The van der Waals surface area contributed by atoms with Crippen molar-refractivity contribution in [3.05, 3.63) is 52.9 Å². The number of aromatic nitrogens is 2. The molecule has 1 aromatic carbocycles. The van der Waals surface area contributed by atoms with Crippen LogP contribution in [0.5, 0.6) is 0 Å². The van der Waals surface area contributed by atoms with Crippen molar-refractivity contribution in [3.63, 3.8) is 0 Å². The molecule has 0 radical (unpaired) electrons. The molecule has 0 spiro atoms. The number of aryl methyl sites for hydroxylation is 1. The Morgan fingerprint density at radius 2 is 2.04 bits per heavy atom. The lowest BCUT2D eigenvalue weighted by Gasteiger charge is -2.09. The second-order valence-corrected chi connectivity index (χ2v) is 7.29. The second kappa shape index (κ2) is 8.02. The third kappa shape index (κ3) is 4.26. The lowest BCUT2D eigenvalue weighted by Crippen LogP contribution is -2.18. The fourth-order valence-corrected chi connectivity index (χ4v) is 3.71. The molecule has 3 rings (SSSR count). The zero-order valence-electron chi connectivity index (χ0n) is 15.7. The molecule has 1 amide bonds. The second-order valence-electron chi connectivity index (χ2n) is 6.43. The number of ether oxygens (including phenoxy) is 1. The first-order valence-electron chi connectivity index (χ1n) is 8.62. The summed E-state index contributed by atoms with van der Waals surface area (Å²) in [7, 11) is 1.58. The first-order chi connectivity index (χ1) is 12.9. The molecule has 1 atom stereocenters. The van der Waals surface area contributed by atoms with E-state index < -0.39 is 0 Å². The van der Waals surface area contributed by atoms with Crippen LogP contribution in [0.4, 0.5) is 9.52 Å². The van der Waals surface area contributed by atoms with E-state index in [-0.39, 0.29) is 24.2 Å². The third-order valence-corrected chi connectivity index (χ3v) is 5.18. The van der Waals surface area contributed by atoms with E-state index in [1.165, 1.54) is 23.5 Å². The average Bonchev–Trinajstić information content (AvgIpc) is 3.20. The van der Waals surface area contributed by atoms with Crippen LogP contribution < -0.4 is 5.32 Å². The zero-order valence-corrected chi connectivity index (χ0v) is 16.6. The van der Waals surface area contributed by atoms with E-state index in [1.54, 1.807) is 19.2 Å². The van der Waals surface area contributed by atoms with Gasteiger partial charge in [-0.2, -0.15) is 0 Å². The number of halogens is 1. The lowest BCUT2D eigenvalue weighted by atomic mass is 10.2. The maximum Gasteiger partial charge on any atom is 0.228 e. The van der Waals surface area contributed by atoms with Crippen LogP contribution in [0.3, 0.4) is 0 Å². The minimum Gasteiger partial charge on any atom is -0.381 e. The van der Waals surface area contributed by atoms with E-state index in [2.05, 4.69) is 14.9 Å². The molecule has 0 fully saturated rings. The Balaban J connectivity index is 1.84. The molecule has 27 heavy (non-hydrogen) atoms. The van der Waals surface area contributed by atoms with Crippen LogP contribution in [0.25, 0.3) is 16.9 Å². The van der Waals surface area contributed by atoms with Gasteiger partial charge in [0.15, 0.2) is 5.13 Å². The summed E-state index contributed by atoms with van der Waals surface area (Å²) < 4.78 is 20.4. The van der Waals surface area contributed by atoms with Gasteiger partial charge in [0.05, 0.1) is 18.2 Å². The topological polar surface area (TPSA) is 56.1 Å². The molecule has 0 saturated carbocycles. The van der Waals surface area contributed by atoms with Crippen molar-refractivity contribution in [2.24, 2.45) is 0 Å². The van der Waals surface area contributed by atoms with E-state index in [1.807, 2.05) is 32.2 Å². The van der Waals surface area contributed by atoms with Gasteiger partial charge in [-0.1, -0.05) is 0 Å². The predicted octanol–water partition coefficient (Wildman–Crippen LogP) is 4.72. The molecule has 5 nitrogen and oxygen atoms in total. The number of hydrogen-bond acceptors (Lipinski definition) is 4. The van der Waals surface area contributed by atoms with Crippen molar-refractivity contribution in [1.29, 1.82) is 0 Å². The number of rotatable bonds is 6. The van der Waals surface area contributed by atoms with Crippen LogP contribution in [0, 0.1) is 19.7 Å². The van der Waals surface area contributed by atoms with Crippen molar-refractivity contribution in [3.8, 4) is 16.9 Å². The van der Waals surface area contributed by atoms with Crippen molar-refractivity contribution in [2.45, 2.75) is 33.3 Å². The Labute approximate surface area is 161 Å². The summed E-state index contributed by atoms with van der Waals surface area (Å²) >= 11 is 1.39. The smallest absolute Gasteiger partial charge is 0.228 e. The van der Waals surface area contributed by atoms with Gasteiger partial charge >= 0.3 is 0 Å². The minimum absolute atomic E-state index is 0.123. The fraction of sp³-hybridized carbons (Fsp3) is 0.300. The summed E-state index contributed by atoms with van der Waals surface area (Å²) in [5.41, 5.74) is 4.72. The minimum atomic E-state index is -0.260. The Morgan fingerprint density at radius 3 is 2.70 bits per heavy atom. The highest BCUT2D eigenvalue weighted by atomic mass is 32.1. The van der Waals surface area contributed by atoms with Gasteiger partial charge in [-0.15, -0.1) is 11.3 Å². The van der Waals surface area contributed by atoms with Crippen molar-refractivity contribution < 1.29 is 13.9 Å². The van der Waals surface area contributed by atoms with Gasteiger partial charge in [0.25, 0.3) is 0 Å². The molecule has 2 heterocycles. The highest BCUT2D eigenvalue weighted by Gasteiger charge is 2.16. The number of benzene rings is 1. The van der Waals surface area contributed by atoms with E-state index in [0.717, 1.165) is 28.3 Å². The number of carbonyl (C=O) groups is 1. The third-order valence-electron chi connectivity index (χ3n) is 4.42. The summed E-state index contributed by atoms with van der Waals surface area (Å²) in [6.07, 6.45) is 0.142. The molecular weight excluding hydrogens is 365 g/mol. The molecular formula is C20H22FN3O2S. The molecule has 3 aromatic rings. The van der Waals surface area contributed by atoms with Crippen LogP contribution in [0.1, 0.15) is 24.7 Å². The highest BCUT2D eigenvalue weighted by molar-refractivity contribution is 7.14. The average molecular weight is 387 g/mol. The van der Waals surface area contributed by atoms with E-state index in [9.17, 15) is 9.18 Å². The van der Waals surface area contributed by atoms with Crippen molar-refractivity contribution >= 4 is 22.4 Å². The molecule has 0 aliphatic heterocycles. The van der Waals surface area contributed by atoms with Crippen LogP contribution in [-0.4, -0.2) is 28.7 Å². The number of carbonyl (C=O) groups excluding carboxylic acids is 1. The Kier molecular flexibility index (Phi) is 5.72. The summed E-state index contributed by atoms with van der Waals surface area (Å²) in [5.74, 6) is -0.383. The molecule has 1 N–H and O–H groups in total. The van der Waals surface area contributed by atoms with Crippen LogP contribution in [0.15, 0.2) is 35.7 Å². The van der Waals surface area contributed by atoms with Gasteiger partial charge in [-0.25, -0.2) is 9.37 Å². The first-order valence-corrected chi connectivity index (χ1v) is 9.50. The molecule has 7 heteroatoms. The van der Waals surface area contributed by atoms with Crippen molar-refractivity contribution in [1.82, 2.24) is 9.55 Å². The van der Waals surface area contributed by atoms with E-state index >= 15 is 0 Å². The molecule has 0 saturated heterocycles. The fourth-order valence-electron chi connectivity index (χ4n) is 2.98. The molecule has 0 bridgehead atoms. The number of anilines is 1. The molecule has 2 aromatic heterocycles. The van der Waals surface area contributed by atoms with Gasteiger partial charge in [0, 0.05) is 35.1 Å². The maximum absolute atomic E-state index is 13.2. The molecule has 142 valence electrons. The Morgan fingerprint density at radius 1 is 1.33 bits per heavy atom. The Bertz CT molecular complexity index is 947. The molecule has 1 unspecified atom stereocenters. The number of hydrogen-bond donors (Lipinski definition) is 1. The monoisotopic (exact) mass is 387 g/mol. The number of amides is 1. The largest absolute Gasteiger partial charge is 0.381 e.